The first kappa shape index (κ1) is 24.7. The van der Waals surface area contributed by atoms with Gasteiger partial charge in [-0.25, -0.2) is 16.8 Å². The number of hydrogen-bond acceptors (Lipinski definition) is 4. The van der Waals surface area contributed by atoms with E-state index in [1.54, 1.807) is 0 Å². The number of aryl methyl sites for hydroxylation is 3. The lowest BCUT2D eigenvalue weighted by molar-refractivity contribution is 0.600. The van der Waals surface area contributed by atoms with Crippen molar-refractivity contribution >= 4 is 66.2 Å². The average molecular weight is 534 g/mol. The van der Waals surface area contributed by atoms with Gasteiger partial charge in [0.05, 0.1) is 25.7 Å². The first-order valence-corrected chi connectivity index (χ1v) is 13.3. The number of sulfonamides is 2. The monoisotopic (exact) mass is 532 g/mol. The van der Waals surface area contributed by atoms with Gasteiger partial charge in [-0.2, -0.15) is 0 Å². The zero-order valence-corrected chi connectivity index (χ0v) is 21.1. The molecular weight excluding hydrogens is 515 g/mol. The number of halogens is 3. The second-order valence-electron chi connectivity index (χ2n) is 7.21. The van der Waals surface area contributed by atoms with Crippen LogP contribution < -0.4 is 9.44 Å². The fourth-order valence-corrected chi connectivity index (χ4v) is 6.42. The third kappa shape index (κ3) is 5.32. The van der Waals surface area contributed by atoms with Crippen LogP contribution in [0.25, 0.3) is 0 Å². The summed E-state index contributed by atoms with van der Waals surface area (Å²) in [5.41, 5.74) is 3.29. The number of hydrogen-bond donors (Lipinski definition) is 2. The molecule has 32 heavy (non-hydrogen) atoms. The van der Waals surface area contributed by atoms with Gasteiger partial charge in [0.1, 0.15) is 4.90 Å². The molecular formula is C21H19Cl3N2O4S2. The second kappa shape index (κ2) is 9.11. The minimum atomic E-state index is -4.09. The van der Waals surface area contributed by atoms with E-state index in [2.05, 4.69) is 9.44 Å². The number of rotatable bonds is 6. The van der Waals surface area contributed by atoms with Crippen molar-refractivity contribution in [3.8, 4) is 0 Å². The van der Waals surface area contributed by atoms with Gasteiger partial charge in [-0.15, -0.1) is 0 Å². The molecule has 0 unspecified atom stereocenters. The molecule has 0 amide bonds. The van der Waals surface area contributed by atoms with Gasteiger partial charge in [0.25, 0.3) is 20.0 Å². The van der Waals surface area contributed by atoms with Gasteiger partial charge in [0.2, 0.25) is 0 Å². The molecule has 3 rings (SSSR count). The van der Waals surface area contributed by atoms with Crippen molar-refractivity contribution in [1.82, 2.24) is 0 Å². The standard InChI is InChI=1S/C21H19Cl3N2O4S2/c1-12-8-13(2)21(14(3)9-12)26-31(27,28)16-6-4-15(5-7-16)25-32(29,30)20-11-18(23)17(22)10-19(20)24/h4-11,25-26H,1-3H3. The molecule has 11 heteroatoms. The molecule has 0 saturated heterocycles. The van der Waals surface area contributed by atoms with Crippen LogP contribution in [0.5, 0.6) is 0 Å². The third-order valence-corrected chi connectivity index (χ3v) is 8.53. The molecule has 0 saturated carbocycles. The van der Waals surface area contributed by atoms with Gasteiger partial charge in [-0.05, 0) is 68.3 Å². The van der Waals surface area contributed by atoms with Gasteiger partial charge in [-0.1, -0.05) is 52.5 Å². The summed E-state index contributed by atoms with van der Waals surface area (Å²) in [5, 5.41) is 0.0570. The zero-order chi connectivity index (χ0) is 23.8. The van der Waals surface area contributed by atoms with Crippen molar-refractivity contribution in [3.63, 3.8) is 0 Å². The number of anilines is 2. The van der Waals surface area contributed by atoms with Crippen LogP contribution in [-0.2, 0) is 20.0 Å². The minimum Gasteiger partial charge on any atom is -0.280 e. The van der Waals surface area contributed by atoms with Crippen molar-refractivity contribution in [2.45, 2.75) is 30.6 Å². The smallest absolute Gasteiger partial charge is 0.263 e. The summed E-state index contributed by atoms with van der Waals surface area (Å²) in [6.07, 6.45) is 0. The van der Waals surface area contributed by atoms with E-state index in [1.165, 1.54) is 30.3 Å². The van der Waals surface area contributed by atoms with E-state index in [0.717, 1.165) is 22.8 Å². The molecule has 0 fully saturated rings. The van der Waals surface area contributed by atoms with E-state index in [1.807, 2.05) is 32.9 Å². The maximum Gasteiger partial charge on any atom is 0.263 e. The molecule has 0 aliphatic carbocycles. The minimum absolute atomic E-state index is 0.0209. The van der Waals surface area contributed by atoms with Gasteiger partial charge in [0.15, 0.2) is 0 Å². The van der Waals surface area contributed by atoms with Crippen molar-refractivity contribution in [3.05, 3.63) is 80.3 Å². The molecule has 3 aromatic rings. The van der Waals surface area contributed by atoms with Crippen LogP contribution in [-0.4, -0.2) is 16.8 Å². The second-order valence-corrected chi connectivity index (χ2v) is 11.8. The highest BCUT2D eigenvalue weighted by Gasteiger charge is 2.21. The predicted octanol–water partition coefficient (Wildman–Crippen LogP) is 6.17. The normalized spacial score (nSPS) is 11.9. The van der Waals surface area contributed by atoms with Crippen LogP contribution >= 0.6 is 34.8 Å². The molecule has 0 aliphatic rings. The van der Waals surface area contributed by atoms with E-state index in [-0.39, 0.29) is 30.5 Å². The Morgan fingerprint density at radius 1 is 0.656 bits per heavy atom. The summed E-state index contributed by atoms with van der Waals surface area (Å²) in [6.45, 7) is 5.58. The Kier molecular flexibility index (Phi) is 7.02. The number of benzene rings is 3. The Balaban J connectivity index is 1.86. The van der Waals surface area contributed by atoms with Crippen LogP contribution in [0.4, 0.5) is 11.4 Å². The summed E-state index contributed by atoms with van der Waals surface area (Å²) >= 11 is 17.8. The van der Waals surface area contributed by atoms with Gasteiger partial charge >= 0.3 is 0 Å². The van der Waals surface area contributed by atoms with Crippen molar-refractivity contribution in [2.75, 3.05) is 9.44 Å². The molecule has 0 aliphatic heterocycles. The van der Waals surface area contributed by atoms with E-state index < -0.39 is 20.0 Å². The van der Waals surface area contributed by atoms with E-state index >= 15 is 0 Å². The lowest BCUT2D eigenvalue weighted by Crippen LogP contribution is -2.16. The highest BCUT2D eigenvalue weighted by molar-refractivity contribution is 7.93. The maximum absolute atomic E-state index is 12.8. The molecule has 0 aromatic heterocycles. The van der Waals surface area contributed by atoms with Crippen LogP contribution in [0.1, 0.15) is 16.7 Å². The maximum atomic E-state index is 12.8. The fraction of sp³-hybridized carbons (Fsp3) is 0.143. The number of nitrogens with one attached hydrogen (secondary N) is 2. The first-order valence-electron chi connectivity index (χ1n) is 9.18. The molecule has 0 heterocycles. The fourth-order valence-electron chi connectivity index (χ4n) is 3.16. The Bertz CT molecular complexity index is 1380. The van der Waals surface area contributed by atoms with Crippen molar-refractivity contribution < 1.29 is 16.8 Å². The molecule has 6 nitrogen and oxygen atoms in total. The average Bonchev–Trinajstić information content (AvgIpc) is 2.67. The Labute approximate surface area is 202 Å². The Hall–Kier alpha value is -1.97. The van der Waals surface area contributed by atoms with Crippen molar-refractivity contribution in [2.24, 2.45) is 0 Å². The van der Waals surface area contributed by atoms with Gasteiger partial charge in [0, 0.05) is 5.69 Å². The van der Waals surface area contributed by atoms with Crippen LogP contribution in [0, 0.1) is 20.8 Å². The summed E-state index contributed by atoms with van der Waals surface area (Å²) in [5.74, 6) is 0. The van der Waals surface area contributed by atoms with E-state index in [9.17, 15) is 16.8 Å². The molecule has 170 valence electrons. The van der Waals surface area contributed by atoms with Gasteiger partial charge in [-0.3, -0.25) is 9.44 Å². The quantitative estimate of drug-likeness (QED) is 0.370. The molecule has 0 radical (unpaired) electrons. The highest BCUT2D eigenvalue weighted by Crippen LogP contribution is 2.33. The molecule has 0 atom stereocenters. The Morgan fingerprint density at radius 2 is 1.19 bits per heavy atom. The first-order chi connectivity index (χ1) is 14.8. The summed E-state index contributed by atoms with van der Waals surface area (Å²) in [6, 6.07) is 11.4. The molecule has 3 aromatic carbocycles. The van der Waals surface area contributed by atoms with Crippen LogP contribution in [0.15, 0.2) is 58.3 Å². The van der Waals surface area contributed by atoms with Gasteiger partial charge < -0.3 is 0 Å². The zero-order valence-electron chi connectivity index (χ0n) is 17.2. The van der Waals surface area contributed by atoms with E-state index in [4.69, 9.17) is 34.8 Å². The summed E-state index contributed by atoms with van der Waals surface area (Å²) in [7, 11) is -7.97. The predicted molar refractivity (Wildman–Crippen MR) is 130 cm³/mol. The molecule has 0 spiro atoms. The topological polar surface area (TPSA) is 92.3 Å². The SMILES string of the molecule is Cc1cc(C)c(NS(=O)(=O)c2ccc(NS(=O)(=O)c3cc(Cl)c(Cl)cc3Cl)cc2)c(C)c1. The highest BCUT2D eigenvalue weighted by atomic mass is 35.5. The van der Waals surface area contributed by atoms with E-state index in [0.29, 0.717) is 5.69 Å². The summed E-state index contributed by atoms with van der Waals surface area (Å²) in [4.78, 5) is -0.273. The van der Waals surface area contributed by atoms with Crippen LogP contribution in [0.2, 0.25) is 15.1 Å². The van der Waals surface area contributed by atoms with Crippen LogP contribution in [0.3, 0.4) is 0 Å². The third-order valence-electron chi connectivity index (χ3n) is 4.59. The lowest BCUT2D eigenvalue weighted by Gasteiger charge is -2.15. The molecule has 0 bridgehead atoms. The largest absolute Gasteiger partial charge is 0.280 e. The lowest BCUT2D eigenvalue weighted by atomic mass is 10.1. The van der Waals surface area contributed by atoms with Crippen molar-refractivity contribution in [1.29, 1.82) is 0 Å². The summed E-state index contributed by atoms with van der Waals surface area (Å²) < 4.78 is 56.0. The molecule has 2 N–H and O–H groups in total. The Morgan fingerprint density at radius 3 is 1.75 bits per heavy atom.